The molecular weight excluding hydrogens is 510 g/mol. The second kappa shape index (κ2) is 9.50. The van der Waals surface area contributed by atoms with Crippen molar-refractivity contribution in [3.05, 3.63) is 83.1 Å². The van der Waals surface area contributed by atoms with Gasteiger partial charge in [0, 0.05) is 17.7 Å². The minimum atomic E-state index is -4.65. The number of hydrogen-bond donors (Lipinski definition) is 1. The summed E-state index contributed by atoms with van der Waals surface area (Å²) in [6, 6.07) is 13.8. The molecule has 4 rings (SSSR count). The molecule has 3 aromatic rings. The topological polar surface area (TPSA) is 72.5 Å². The van der Waals surface area contributed by atoms with Gasteiger partial charge in [-0.25, -0.2) is 12.8 Å². The van der Waals surface area contributed by atoms with E-state index in [1.165, 1.54) is 18.2 Å². The monoisotopic (exact) mass is 527 g/mol. The Hall–Kier alpha value is -3.11. The van der Waals surface area contributed by atoms with Gasteiger partial charge in [0.15, 0.2) is 9.84 Å². The Morgan fingerprint density at radius 2 is 1.63 bits per heavy atom. The van der Waals surface area contributed by atoms with Gasteiger partial charge in [-0.1, -0.05) is 17.7 Å². The van der Waals surface area contributed by atoms with Crippen molar-refractivity contribution >= 4 is 33.0 Å². The highest BCUT2D eigenvalue weighted by Crippen LogP contribution is 2.38. The Labute approximate surface area is 203 Å². The summed E-state index contributed by atoms with van der Waals surface area (Å²) >= 11 is 5.72. The Bertz CT molecular complexity index is 1350. The van der Waals surface area contributed by atoms with Crippen LogP contribution in [0.1, 0.15) is 18.4 Å². The standard InChI is InChI=1S/C24H18ClF4NO4S/c25-21-13-18(8-9-22(21)26)34-17-6-4-16(5-7-17)30-23(31)14-10-20(11-14)35(32,33)19-3-1-2-15(12-19)24(27,28)29/h1-9,12-14,20H,10-11H2,(H,30,31). The molecule has 0 radical (unpaired) electrons. The zero-order chi connectivity index (χ0) is 25.4. The van der Waals surface area contributed by atoms with Gasteiger partial charge in [0.1, 0.15) is 17.3 Å². The molecule has 0 atom stereocenters. The largest absolute Gasteiger partial charge is 0.457 e. The Kier molecular flexibility index (Phi) is 6.79. The number of rotatable bonds is 6. The fraction of sp³-hybridized carbons (Fsp3) is 0.208. The number of halogens is 5. The van der Waals surface area contributed by atoms with Gasteiger partial charge in [0.05, 0.1) is 20.7 Å². The summed E-state index contributed by atoms with van der Waals surface area (Å²) in [6.07, 6.45) is -4.63. The molecule has 1 aliphatic rings. The summed E-state index contributed by atoms with van der Waals surface area (Å²) in [4.78, 5) is 12.1. The van der Waals surface area contributed by atoms with E-state index < -0.39 is 43.5 Å². The van der Waals surface area contributed by atoms with Gasteiger partial charge in [0.2, 0.25) is 5.91 Å². The maximum Gasteiger partial charge on any atom is 0.416 e. The molecule has 11 heteroatoms. The first-order valence-corrected chi connectivity index (χ1v) is 12.3. The van der Waals surface area contributed by atoms with E-state index in [0.29, 0.717) is 23.3 Å². The highest BCUT2D eigenvalue weighted by atomic mass is 35.5. The lowest BCUT2D eigenvalue weighted by molar-refractivity contribution is -0.137. The number of carbonyl (C=O) groups is 1. The first kappa shape index (κ1) is 25.0. The van der Waals surface area contributed by atoms with Crippen molar-refractivity contribution in [3.8, 4) is 11.5 Å². The van der Waals surface area contributed by atoms with E-state index in [4.69, 9.17) is 16.3 Å². The number of sulfone groups is 1. The van der Waals surface area contributed by atoms with Crippen LogP contribution in [0.2, 0.25) is 5.02 Å². The molecule has 35 heavy (non-hydrogen) atoms. The van der Waals surface area contributed by atoms with E-state index in [9.17, 15) is 30.8 Å². The summed E-state index contributed by atoms with van der Waals surface area (Å²) in [6.45, 7) is 0. The summed E-state index contributed by atoms with van der Waals surface area (Å²) in [5.41, 5.74) is -0.592. The summed E-state index contributed by atoms with van der Waals surface area (Å²) in [5, 5.41) is 1.67. The minimum Gasteiger partial charge on any atom is -0.457 e. The lowest BCUT2D eigenvalue weighted by Gasteiger charge is -2.33. The van der Waals surface area contributed by atoms with Crippen LogP contribution in [-0.2, 0) is 20.8 Å². The van der Waals surface area contributed by atoms with Crippen molar-refractivity contribution in [2.45, 2.75) is 29.2 Å². The van der Waals surface area contributed by atoms with Gasteiger partial charge in [-0.05, 0) is 67.4 Å². The van der Waals surface area contributed by atoms with Crippen molar-refractivity contribution in [1.29, 1.82) is 0 Å². The van der Waals surface area contributed by atoms with E-state index in [0.717, 1.165) is 18.2 Å². The number of nitrogens with one attached hydrogen (secondary N) is 1. The average Bonchev–Trinajstić information content (AvgIpc) is 2.76. The molecule has 1 amide bonds. The zero-order valence-electron chi connectivity index (χ0n) is 17.9. The zero-order valence-corrected chi connectivity index (χ0v) is 19.4. The maximum absolute atomic E-state index is 13.2. The number of carbonyl (C=O) groups excluding carboxylic acids is 1. The van der Waals surface area contributed by atoms with Crippen LogP contribution in [0.15, 0.2) is 71.6 Å². The normalized spacial score (nSPS) is 18.0. The number of anilines is 1. The van der Waals surface area contributed by atoms with Crippen molar-refractivity contribution in [3.63, 3.8) is 0 Å². The summed E-state index contributed by atoms with van der Waals surface area (Å²) in [7, 11) is -3.99. The molecule has 0 unspecified atom stereocenters. The number of benzene rings is 3. The van der Waals surface area contributed by atoms with Crippen LogP contribution in [0.5, 0.6) is 11.5 Å². The van der Waals surface area contributed by atoms with Crippen LogP contribution in [-0.4, -0.2) is 19.6 Å². The van der Waals surface area contributed by atoms with E-state index in [1.807, 2.05) is 0 Å². The molecule has 184 valence electrons. The van der Waals surface area contributed by atoms with Crippen LogP contribution in [0.25, 0.3) is 0 Å². The molecule has 0 aliphatic heterocycles. The molecule has 1 aliphatic carbocycles. The number of ether oxygens (including phenoxy) is 1. The lowest BCUT2D eigenvalue weighted by Crippen LogP contribution is -2.42. The van der Waals surface area contributed by atoms with Gasteiger partial charge in [0.25, 0.3) is 0 Å². The third-order valence-corrected chi connectivity index (χ3v) is 8.11. The van der Waals surface area contributed by atoms with Crippen LogP contribution < -0.4 is 10.1 Å². The van der Waals surface area contributed by atoms with Crippen molar-refractivity contribution in [2.24, 2.45) is 5.92 Å². The average molecular weight is 528 g/mol. The van der Waals surface area contributed by atoms with E-state index >= 15 is 0 Å². The van der Waals surface area contributed by atoms with Crippen LogP contribution in [0.3, 0.4) is 0 Å². The molecule has 1 saturated carbocycles. The van der Waals surface area contributed by atoms with Gasteiger partial charge >= 0.3 is 6.18 Å². The molecule has 0 bridgehead atoms. The van der Waals surface area contributed by atoms with Crippen molar-refractivity contribution in [1.82, 2.24) is 0 Å². The van der Waals surface area contributed by atoms with E-state index in [1.54, 1.807) is 24.3 Å². The Morgan fingerprint density at radius 1 is 0.971 bits per heavy atom. The predicted molar refractivity (Wildman–Crippen MR) is 122 cm³/mol. The smallest absolute Gasteiger partial charge is 0.416 e. The van der Waals surface area contributed by atoms with Gasteiger partial charge in [-0.3, -0.25) is 4.79 Å². The minimum absolute atomic E-state index is 0.0108. The molecular formula is C24H18ClF4NO4S. The lowest BCUT2D eigenvalue weighted by atomic mass is 9.84. The molecule has 0 heterocycles. The van der Waals surface area contributed by atoms with E-state index in [-0.39, 0.29) is 23.8 Å². The van der Waals surface area contributed by atoms with Gasteiger partial charge < -0.3 is 10.1 Å². The summed E-state index contributed by atoms with van der Waals surface area (Å²) < 4.78 is 83.0. The van der Waals surface area contributed by atoms with Crippen molar-refractivity contribution < 1.29 is 35.5 Å². The first-order chi connectivity index (χ1) is 16.4. The second-order valence-corrected chi connectivity index (χ2v) is 10.7. The molecule has 3 aromatic carbocycles. The fourth-order valence-corrected chi connectivity index (χ4v) is 5.69. The Morgan fingerprint density at radius 3 is 2.26 bits per heavy atom. The molecule has 0 saturated heterocycles. The number of amides is 1. The second-order valence-electron chi connectivity index (χ2n) is 8.05. The third kappa shape index (κ3) is 5.59. The molecule has 1 fully saturated rings. The molecule has 1 N–H and O–H groups in total. The van der Waals surface area contributed by atoms with Crippen molar-refractivity contribution in [2.75, 3.05) is 5.32 Å². The summed E-state index contributed by atoms with van der Waals surface area (Å²) in [5.74, 6) is -0.799. The highest BCUT2D eigenvalue weighted by molar-refractivity contribution is 7.92. The first-order valence-electron chi connectivity index (χ1n) is 10.4. The quantitative estimate of drug-likeness (QED) is 0.372. The van der Waals surface area contributed by atoms with Crippen LogP contribution in [0, 0.1) is 11.7 Å². The third-order valence-electron chi connectivity index (χ3n) is 5.64. The maximum atomic E-state index is 13.2. The Balaban J connectivity index is 1.34. The number of alkyl halides is 3. The van der Waals surface area contributed by atoms with Crippen LogP contribution >= 0.6 is 11.6 Å². The van der Waals surface area contributed by atoms with Crippen LogP contribution in [0.4, 0.5) is 23.2 Å². The fourth-order valence-electron chi connectivity index (χ4n) is 3.60. The van der Waals surface area contributed by atoms with Gasteiger partial charge in [-0.15, -0.1) is 0 Å². The molecule has 5 nitrogen and oxygen atoms in total. The molecule has 0 spiro atoms. The van der Waals surface area contributed by atoms with E-state index in [2.05, 4.69) is 5.32 Å². The molecule has 0 aromatic heterocycles. The number of hydrogen-bond acceptors (Lipinski definition) is 4. The highest BCUT2D eigenvalue weighted by Gasteiger charge is 2.43. The van der Waals surface area contributed by atoms with Gasteiger partial charge in [-0.2, -0.15) is 13.2 Å². The predicted octanol–water partition coefficient (Wildman–Crippen LogP) is 6.48. The SMILES string of the molecule is O=C(Nc1ccc(Oc2ccc(F)c(Cl)c2)cc1)C1CC(S(=O)(=O)c2cccc(C(F)(F)F)c2)C1.